The van der Waals surface area contributed by atoms with Crippen molar-refractivity contribution in [3.8, 4) is 0 Å². The van der Waals surface area contributed by atoms with Gasteiger partial charge in [-0.2, -0.15) is 0 Å². The lowest BCUT2D eigenvalue weighted by Gasteiger charge is -2.21. The number of hydrogen-bond acceptors (Lipinski definition) is 2. The maximum Gasteiger partial charge on any atom is 0.0548 e. The number of thiophene rings is 1. The van der Waals surface area contributed by atoms with Crippen LogP contribution in [0.25, 0.3) is 0 Å². The van der Waals surface area contributed by atoms with Crippen LogP contribution in [0.2, 0.25) is 5.02 Å². The molecule has 0 aromatic carbocycles. The summed E-state index contributed by atoms with van der Waals surface area (Å²) in [7, 11) is 2.02. The molecule has 1 aliphatic rings. The lowest BCUT2D eigenvalue weighted by molar-refractivity contribution is 0.501. The van der Waals surface area contributed by atoms with Crippen molar-refractivity contribution in [1.29, 1.82) is 0 Å². The average molecular weight is 238 g/mol. The maximum absolute atomic E-state index is 6.06. The Morgan fingerprint density at radius 3 is 3.08 bits per heavy atom. The third-order valence-electron chi connectivity index (χ3n) is 2.51. The van der Waals surface area contributed by atoms with Gasteiger partial charge in [0.25, 0.3) is 0 Å². The van der Waals surface area contributed by atoms with Gasteiger partial charge >= 0.3 is 0 Å². The van der Waals surface area contributed by atoms with Crippen LogP contribution >= 0.6 is 35.3 Å². The molecule has 0 spiro atoms. The van der Waals surface area contributed by atoms with Gasteiger partial charge in [-0.05, 0) is 31.9 Å². The minimum absolute atomic E-state index is 0. The van der Waals surface area contributed by atoms with Crippen LogP contribution in [-0.2, 0) is 12.8 Å². The van der Waals surface area contributed by atoms with Gasteiger partial charge in [0, 0.05) is 16.3 Å². The SMILES string of the molecule is CNC1CCc2scc(Cl)c2C1.Cl. The number of rotatable bonds is 1. The molecule has 4 heteroatoms. The van der Waals surface area contributed by atoms with Crippen molar-refractivity contribution >= 4 is 35.3 Å². The zero-order chi connectivity index (χ0) is 8.55. The molecule has 0 bridgehead atoms. The second kappa shape index (κ2) is 4.65. The van der Waals surface area contributed by atoms with E-state index in [-0.39, 0.29) is 12.4 Å². The molecule has 1 atom stereocenters. The molecule has 2 rings (SSSR count). The van der Waals surface area contributed by atoms with Crippen LogP contribution in [0.15, 0.2) is 5.38 Å². The first-order chi connectivity index (χ1) is 5.81. The molecule has 1 N–H and O–H groups in total. The highest BCUT2D eigenvalue weighted by Gasteiger charge is 2.20. The summed E-state index contributed by atoms with van der Waals surface area (Å²) >= 11 is 7.87. The van der Waals surface area contributed by atoms with E-state index in [1.807, 2.05) is 7.05 Å². The van der Waals surface area contributed by atoms with Crippen LogP contribution in [0, 0.1) is 0 Å². The summed E-state index contributed by atoms with van der Waals surface area (Å²) in [6.45, 7) is 0. The highest BCUT2D eigenvalue weighted by Crippen LogP contribution is 2.33. The Morgan fingerprint density at radius 2 is 2.38 bits per heavy atom. The highest BCUT2D eigenvalue weighted by molar-refractivity contribution is 7.10. The Kier molecular flexibility index (Phi) is 4.05. The van der Waals surface area contributed by atoms with Crippen LogP contribution < -0.4 is 5.32 Å². The van der Waals surface area contributed by atoms with E-state index in [2.05, 4.69) is 10.7 Å². The van der Waals surface area contributed by atoms with E-state index < -0.39 is 0 Å². The molecule has 74 valence electrons. The number of fused-ring (bicyclic) bond motifs is 1. The first kappa shape index (κ1) is 11.3. The normalized spacial score (nSPS) is 20.6. The van der Waals surface area contributed by atoms with E-state index >= 15 is 0 Å². The summed E-state index contributed by atoms with van der Waals surface area (Å²) in [5, 5.41) is 6.34. The molecule has 0 saturated heterocycles. The van der Waals surface area contributed by atoms with Gasteiger partial charge in [0.15, 0.2) is 0 Å². The van der Waals surface area contributed by atoms with Crippen LogP contribution in [-0.4, -0.2) is 13.1 Å². The lowest BCUT2D eigenvalue weighted by atomic mass is 9.95. The summed E-state index contributed by atoms with van der Waals surface area (Å²) in [6.07, 6.45) is 3.55. The molecule has 1 aliphatic carbocycles. The Hall–Kier alpha value is 0.240. The molecule has 1 unspecified atom stereocenters. The topological polar surface area (TPSA) is 12.0 Å². The Balaban J connectivity index is 0.000000845. The molecule has 0 fully saturated rings. The van der Waals surface area contributed by atoms with Crippen molar-refractivity contribution in [3.63, 3.8) is 0 Å². The third-order valence-corrected chi connectivity index (χ3v) is 4.06. The molecule has 1 aromatic rings. The van der Waals surface area contributed by atoms with Crippen LogP contribution in [0.5, 0.6) is 0 Å². The molecule has 1 heterocycles. The quantitative estimate of drug-likeness (QED) is 0.793. The van der Waals surface area contributed by atoms with Gasteiger partial charge in [0.1, 0.15) is 0 Å². The van der Waals surface area contributed by atoms with Crippen molar-refractivity contribution < 1.29 is 0 Å². The Morgan fingerprint density at radius 1 is 1.62 bits per heavy atom. The summed E-state index contributed by atoms with van der Waals surface area (Å²) in [6, 6.07) is 0.629. The van der Waals surface area contributed by atoms with Crippen LogP contribution in [0.1, 0.15) is 16.9 Å². The predicted molar refractivity (Wildman–Crippen MR) is 61.4 cm³/mol. The van der Waals surface area contributed by atoms with E-state index in [9.17, 15) is 0 Å². The second-order valence-electron chi connectivity index (χ2n) is 3.21. The molecular formula is C9H13Cl2NS. The summed E-state index contributed by atoms with van der Waals surface area (Å²) in [4.78, 5) is 1.49. The zero-order valence-corrected chi connectivity index (χ0v) is 9.86. The summed E-state index contributed by atoms with van der Waals surface area (Å²) in [5.41, 5.74) is 1.38. The standard InChI is InChI=1S/C9H12ClNS.ClH/c1-11-6-2-3-9-7(4-6)8(10)5-12-9;/h5-6,11H,2-4H2,1H3;1H. The van der Waals surface area contributed by atoms with Gasteiger partial charge in [-0.25, -0.2) is 0 Å². The van der Waals surface area contributed by atoms with E-state index in [1.165, 1.54) is 23.3 Å². The molecule has 13 heavy (non-hydrogen) atoms. The van der Waals surface area contributed by atoms with Gasteiger partial charge in [-0.3, -0.25) is 0 Å². The van der Waals surface area contributed by atoms with Gasteiger partial charge in [0.05, 0.1) is 5.02 Å². The van der Waals surface area contributed by atoms with Crippen LogP contribution in [0.4, 0.5) is 0 Å². The minimum atomic E-state index is 0. The number of hydrogen-bond donors (Lipinski definition) is 1. The fourth-order valence-corrected chi connectivity index (χ4v) is 3.06. The Bertz CT molecular complexity index is 285. The smallest absolute Gasteiger partial charge is 0.0548 e. The van der Waals surface area contributed by atoms with E-state index in [0.29, 0.717) is 6.04 Å². The average Bonchev–Trinajstić information content (AvgIpc) is 2.47. The van der Waals surface area contributed by atoms with Crippen LogP contribution in [0.3, 0.4) is 0 Å². The number of aryl methyl sites for hydroxylation is 1. The van der Waals surface area contributed by atoms with Gasteiger partial charge in [-0.1, -0.05) is 11.6 Å². The highest BCUT2D eigenvalue weighted by atomic mass is 35.5. The van der Waals surface area contributed by atoms with E-state index in [4.69, 9.17) is 11.6 Å². The molecule has 0 radical (unpaired) electrons. The number of likely N-dealkylation sites (N-methyl/N-ethyl adjacent to an activating group) is 1. The maximum atomic E-state index is 6.06. The predicted octanol–water partition coefficient (Wildman–Crippen LogP) is 2.90. The van der Waals surface area contributed by atoms with Crippen molar-refractivity contribution in [2.75, 3.05) is 7.05 Å². The van der Waals surface area contributed by atoms with Gasteiger partial charge in [-0.15, -0.1) is 23.7 Å². The van der Waals surface area contributed by atoms with Gasteiger partial charge in [0.2, 0.25) is 0 Å². The van der Waals surface area contributed by atoms with Crippen molar-refractivity contribution in [2.45, 2.75) is 25.3 Å². The molecule has 0 saturated carbocycles. The van der Waals surface area contributed by atoms with E-state index in [0.717, 1.165) is 11.4 Å². The monoisotopic (exact) mass is 237 g/mol. The Labute approximate surface area is 93.9 Å². The number of nitrogens with one attached hydrogen (secondary N) is 1. The molecule has 1 nitrogen and oxygen atoms in total. The minimum Gasteiger partial charge on any atom is -0.317 e. The molecule has 1 aromatic heterocycles. The first-order valence-corrected chi connectivity index (χ1v) is 5.49. The third kappa shape index (κ3) is 2.18. The number of halogens is 2. The molecular weight excluding hydrogens is 225 g/mol. The largest absolute Gasteiger partial charge is 0.317 e. The van der Waals surface area contributed by atoms with Gasteiger partial charge < -0.3 is 5.32 Å². The molecule has 0 amide bonds. The van der Waals surface area contributed by atoms with Crippen molar-refractivity contribution in [2.24, 2.45) is 0 Å². The fraction of sp³-hybridized carbons (Fsp3) is 0.556. The molecule has 0 aliphatic heterocycles. The van der Waals surface area contributed by atoms with E-state index in [1.54, 1.807) is 11.3 Å². The fourth-order valence-electron chi connectivity index (χ4n) is 1.72. The zero-order valence-electron chi connectivity index (χ0n) is 7.47. The van der Waals surface area contributed by atoms with Crippen molar-refractivity contribution in [1.82, 2.24) is 5.32 Å². The second-order valence-corrected chi connectivity index (χ2v) is 4.59. The first-order valence-electron chi connectivity index (χ1n) is 4.23. The summed E-state index contributed by atoms with van der Waals surface area (Å²) in [5.74, 6) is 0. The lowest BCUT2D eigenvalue weighted by Crippen LogP contribution is -2.30. The summed E-state index contributed by atoms with van der Waals surface area (Å²) < 4.78 is 0. The van der Waals surface area contributed by atoms with Crippen molar-refractivity contribution in [3.05, 3.63) is 20.8 Å².